The minimum absolute atomic E-state index is 0.178. The molecule has 0 aliphatic carbocycles. The Morgan fingerprint density at radius 3 is 2.50 bits per heavy atom. The maximum atomic E-state index is 10.6. The molecule has 1 atom stereocenters. The summed E-state index contributed by atoms with van der Waals surface area (Å²) in [5.74, 6) is -1.10. The van der Waals surface area contributed by atoms with Gasteiger partial charge in [0.25, 0.3) is 6.16 Å². The van der Waals surface area contributed by atoms with Gasteiger partial charge in [0.2, 0.25) is 0 Å². The van der Waals surface area contributed by atoms with Crippen LogP contribution in [0.1, 0.15) is 13.8 Å². The monoisotopic (exact) mass is 165 g/mol. The number of carbonyl (C=O) groups is 1. The Hall–Kier alpha value is -0.470. The number of carboxylic acid groups (broad SMARTS) is 1. The van der Waals surface area contributed by atoms with E-state index in [1.807, 2.05) is 0 Å². The second-order valence-electron chi connectivity index (χ2n) is 2.04. The normalized spacial score (nSPS) is 11.7. The summed E-state index contributed by atoms with van der Waals surface area (Å²) in [7, 11) is -2.01. The molecule has 0 heterocycles. The molecule has 0 aliphatic heterocycles. The molecule has 0 aromatic rings. The summed E-state index contributed by atoms with van der Waals surface area (Å²) < 4.78 is 15.3. The summed E-state index contributed by atoms with van der Waals surface area (Å²) in [5.41, 5.74) is 0. The van der Waals surface area contributed by atoms with Gasteiger partial charge in [0.05, 0.1) is 0 Å². The third kappa shape index (κ3) is 5.66. The lowest BCUT2D eigenvalue weighted by Crippen LogP contribution is -2.02. The molecule has 58 valence electrons. The Labute approximate surface area is 60.1 Å². The molecule has 0 rings (SSSR count). The minimum atomic E-state index is -2.01. The molecule has 0 aromatic heterocycles. The van der Waals surface area contributed by atoms with Crippen LogP contribution in [0.15, 0.2) is 0 Å². The van der Waals surface area contributed by atoms with Crippen molar-refractivity contribution >= 4 is 14.0 Å². The van der Waals surface area contributed by atoms with Crippen molar-refractivity contribution in [2.45, 2.75) is 20.0 Å². The minimum Gasteiger partial charge on any atom is -0.478 e. The van der Waals surface area contributed by atoms with E-state index in [0.717, 1.165) is 0 Å². The molecular formula is C5H10O4P+. The van der Waals surface area contributed by atoms with Crippen LogP contribution in [0.5, 0.6) is 0 Å². The van der Waals surface area contributed by atoms with Crippen molar-refractivity contribution in [1.82, 2.24) is 0 Å². The summed E-state index contributed by atoms with van der Waals surface area (Å²) in [4.78, 5) is 9.93. The molecule has 0 spiro atoms. The van der Waals surface area contributed by atoms with E-state index in [-0.39, 0.29) is 6.10 Å². The van der Waals surface area contributed by atoms with E-state index in [1.54, 1.807) is 13.8 Å². The molecular weight excluding hydrogens is 155 g/mol. The Morgan fingerprint density at radius 2 is 2.20 bits per heavy atom. The molecule has 0 radical (unpaired) electrons. The van der Waals surface area contributed by atoms with Crippen molar-refractivity contribution in [2.24, 2.45) is 0 Å². The third-order valence-corrected chi connectivity index (χ3v) is 1.78. The van der Waals surface area contributed by atoms with E-state index in [4.69, 9.17) is 5.11 Å². The number of carboxylic acids is 1. The lowest BCUT2D eigenvalue weighted by Gasteiger charge is -1.90. The van der Waals surface area contributed by atoms with Gasteiger partial charge >= 0.3 is 14.0 Å². The highest BCUT2D eigenvalue weighted by molar-refractivity contribution is 7.40. The molecule has 0 aliphatic rings. The van der Waals surface area contributed by atoms with Gasteiger partial charge in [0.1, 0.15) is 6.10 Å². The molecule has 0 bridgehead atoms. The Balaban J connectivity index is 3.54. The zero-order chi connectivity index (χ0) is 8.15. The fourth-order valence-electron chi connectivity index (χ4n) is 0.383. The molecule has 5 heteroatoms. The molecule has 0 aromatic carbocycles. The van der Waals surface area contributed by atoms with E-state index in [0.29, 0.717) is 0 Å². The first kappa shape index (κ1) is 9.53. The summed E-state index contributed by atoms with van der Waals surface area (Å²) in [6.45, 7) is 3.41. The predicted octanol–water partition coefficient (Wildman–Crippen LogP) is 1.24. The van der Waals surface area contributed by atoms with Crippen molar-refractivity contribution in [1.29, 1.82) is 0 Å². The van der Waals surface area contributed by atoms with Crippen molar-refractivity contribution in [2.75, 3.05) is 6.16 Å². The number of hydrogen-bond donors (Lipinski definition) is 1. The highest BCUT2D eigenvalue weighted by Crippen LogP contribution is 2.23. The second kappa shape index (κ2) is 4.36. The number of aliphatic carboxylic acids is 1. The largest absolute Gasteiger partial charge is 0.520 e. The molecule has 10 heavy (non-hydrogen) atoms. The van der Waals surface area contributed by atoms with Crippen molar-refractivity contribution < 1.29 is 19.0 Å². The van der Waals surface area contributed by atoms with Gasteiger partial charge < -0.3 is 5.11 Å². The van der Waals surface area contributed by atoms with E-state index in [1.165, 1.54) is 0 Å². The standard InChI is InChI=1S/C5H9O4P/c1-4(2)9-10(8)3-5(6)7/h4H,3H2,1-2H3/p+1. The van der Waals surface area contributed by atoms with E-state index in [2.05, 4.69) is 4.52 Å². The molecule has 0 saturated heterocycles. The van der Waals surface area contributed by atoms with Gasteiger partial charge in [-0.1, -0.05) is 0 Å². The van der Waals surface area contributed by atoms with Gasteiger partial charge in [0.15, 0.2) is 0 Å². The van der Waals surface area contributed by atoms with Crippen molar-refractivity contribution in [3.05, 3.63) is 0 Å². The van der Waals surface area contributed by atoms with Gasteiger partial charge in [-0.15, -0.1) is 4.52 Å². The van der Waals surface area contributed by atoms with Gasteiger partial charge in [0, 0.05) is 0 Å². The molecule has 0 fully saturated rings. The van der Waals surface area contributed by atoms with Gasteiger partial charge in [-0.25, -0.2) is 4.79 Å². The molecule has 1 unspecified atom stereocenters. The first-order chi connectivity index (χ1) is 4.52. The topological polar surface area (TPSA) is 63.6 Å². The highest BCUT2D eigenvalue weighted by Gasteiger charge is 2.23. The Morgan fingerprint density at radius 1 is 1.70 bits per heavy atom. The Kier molecular flexibility index (Phi) is 4.16. The zero-order valence-corrected chi connectivity index (χ0v) is 6.80. The number of hydrogen-bond acceptors (Lipinski definition) is 3. The molecule has 1 N–H and O–H groups in total. The predicted molar refractivity (Wildman–Crippen MR) is 36.3 cm³/mol. The lowest BCUT2D eigenvalue weighted by atomic mass is 10.5. The van der Waals surface area contributed by atoms with Crippen LogP contribution < -0.4 is 0 Å². The number of rotatable bonds is 4. The maximum Gasteiger partial charge on any atom is 0.520 e. The summed E-state index contributed by atoms with van der Waals surface area (Å²) in [5, 5.41) is 8.13. The molecule has 0 amide bonds. The van der Waals surface area contributed by atoms with E-state index in [9.17, 15) is 9.36 Å². The van der Waals surface area contributed by atoms with E-state index >= 15 is 0 Å². The highest BCUT2D eigenvalue weighted by atomic mass is 31.1. The van der Waals surface area contributed by atoms with Crippen molar-refractivity contribution in [3.63, 3.8) is 0 Å². The maximum absolute atomic E-state index is 10.6. The van der Waals surface area contributed by atoms with Crippen LogP contribution in [-0.4, -0.2) is 23.3 Å². The second-order valence-corrected chi connectivity index (χ2v) is 3.23. The quantitative estimate of drug-likeness (QED) is 0.636. The summed E-state index contributed by atoms with van der Waals surface area (Å²) in [6.07, 6.45) is -0.587. The average Bonchev–Trinajstić information content (AvgIpc) is 1.58. The SMILES string of the molecule is CC(C)O[P+](=O)CC(=O)O. The van der Waals surface area contributed by atoms with Crippen LogP contribution in [-0.2, 0) is 13.9 Å². The fourth-order valence-corrected chi connectivity index (χ4v) is 1.15. The van der Waals surface area contributed by atoms with Crippen molar-refractivity contribution in [3.8, 4) is 0 Å². The van der Waals surface area contributed by atoms with Crippen LogP contribution in [0.4, 0.5) is 0 Å². The average molecular weight is 165 g/mol. The smallest absolute Gasteiger partial charge is 0.478 e. The van der Waals surface area contributed by atoms with Gasteiger partial charge in [-0.05, 0) is 18.4 Å². The fraction of sp³-hybridized carbons (Fsp3) is 0.800. The van der Waals surface area contributed by atoms with Crippen LogP contribution in [0.25, 0.3) is 0 Å². The summed E-state index contributed by atoms with van der Waals surface area (Å²) in [6, 6.07) is 0. The van der Waals surface area contributed by atoms with Gasteiger partial charge in [-0.3, -0.25) is 0 Å². The first-order valence-electron chi connectivity index (χ1n) is 2.85. The zero-order valence-electron chi connectivity index (χ0n) is 5.90. The van der Waals surface area contributed by atoms with Gasteiger partial charge in [-0.2, -0.15) is 0 Å². The lowest BCUT2D eigenvalue weighted by molar-refractivity contribution is -0.134. The van der Waals surface area contributed by atoms with Crippen LogP contribution in [0.3, 0.4) is 0 Å². The Bertz CT molecular complexity index is 143. The first-order valence-corrected chi connectivity index (χ1v) is 4.22. The summed E-state index contributed by atoms with van der Waals surface area (Å²) >= 11 is 0. The third-order valence-electron chi connectivity index (χ3n) is 0.593. The molecule has 4 nitrogen and oxygen atoms in total. The van der Waals surface area contributed by atoms with E-state index < -0.39 is 20.2 Å². The van der Waals surface area contributed by atoms with Crippen LogP contribution >= 0.6 is 8.03 Å². The molecule has 0 saturated carbocycles. The van der Waals surface area contributed by atoms with Crippen LogP contribution in [0.2, 0.25) is 0 Å². The van der Waals surface area contributed by atoms with Crippen LogP contribution in [0, 0.1) is 0 Å².